The number of alkyl halides is 3. The number of hydrogen-bond acceptors (Lipinski definition) is 5. The van der Waals surface area contributed by atoms with Gasteiger partial charge in [0.2, 0.25) is 0 Å². The summed E-state index contributed by atoms with van der Waals surface area (Å²) >= 11 is 0. The third-order valence-corrected chi connectivity index (χ3v) is 2.63. The summed E-state index contributed by atoms with van der Waals surface area (Å²) in [4.78, 5) is 9.14. The van der Waals surface area contributed by atoms with Gasteiger partial charge in [0.05, 0.1) is 19.8 Å². The van der Waals surface area contributed by atoms with Gasteiger partial charge < -0.3 is 14.2 Å². The van der Waals surface area contributed by atoms with E-state index in [0.717, 1.165) is 0 Å². The Bertz CT molecular complexity index is 364. The minimum absolute atomic E-state index is 0.0777. The normalized spacial score (nSPS) is 15.6. The van der Waals surface area contributed by atoms with Crippen molar-refractivity contribution in [2.75, 3.05) is 26.9 Å². The van der Waals surface area contributed by atoms with Crippen LogP contribution >= 0.6 is 0 Å². The van der Waals surface area contributed by atoms with E-state index < -0.39 is 12.1 Å². The zero-order valence-corrected chi connectivity index (χ0v) is 14.0. The van der Waals surface area contributed by atoms with Crippen LogP contribution in [-0.4, -0.2) is 45.2 Å². The van der Waals surface area contributed by atoms with Gasteiger partial charge in [-0.3, -0.25) is 0 Å². The van der Waals surface area contributed by atoms with Crippen molar-refractivity contribution in [3.8, 4) is 11.8 Å². The standard InChI is InChI=1S/C15H25F3O5/c1-5-9-13(19-4)10-8-12-22-23-15(20-7-3,14(16,17)18)21-11-6-2/h13H,6-8,10-12H2,1-4H3. The van der Waals surface area contributed by atoms with Crippen LogP contribution in [0, 0.1) is 11.8 Å². The molecule has 0 aromatic carbocycles. The summed E-state index contributed by atoms with van der Waals surface area (Å²) < 4.78 is 54.0. The first kappa shape index (κ1) is 22.1. The van der Waals surface area contributed by atoms with Crippen LogP contribution in [0.2, 0.25) is 0 Å². The minimum Gasteiger partial charge on any atom is -0.369 e. The molecule has 0 saturated carbocycles. The fourth-order valence-corrected chi connectivity index (χ4v) is 1.58. The molecule has 0 aromatic rings. The van der Waals surface area contributed by atoms with E-state index in [2.05, 4.69) is 26.4 Å². The fourth-order valence-electron chi connectivity index (χ4n) is 1.58. The van der Waals surface area contributed by atoms with Crippen molar-refractivity contribution in [1.82, 2.24) is 0 Å². The van der Waals surface area contributed by atoms with Gasteiger partial charge >= 0.3 is 12.1 Å². The lowest BCUT2D eigenvalue weighted by molar-refractivity contribution is -0.567. The number of hydrogen-bond donors (Lipinski definition) is 0. The van der Waals surface area contributed by atoms with Crippen molar-refractivity contribution in [2.24, 2.45) is 0 Å². The van der Waals surface area contributed by atoms with E-state index in [0.29, 0.717) is 19.3 Å². The molecule has 0 heterocycles. The summed E-state index contributed by atoms with van der Waals surface area (Å²) in [7, 11) is 1.51. The molecule has 0 fully saturated rings. The minimum atomic E-state index is -4.89. The van der Waals surface area contributed by atoms with Gasteiger partial charge in [-0.05, 0) is 33.1 Å². The van der Waals surface area contributed by atoms with Gasteiger partial charge in [0.15, 0.2) is 0 Å². The Morgan fingerprint density at radius 3 is 2.26 bits per heavy atom. The predicted molar refractivity (Wildman–Crippen MR) is 77.2 cm³/mol. The third-order valence-electron chi connectivity index (χ3n) is 2.63. The molecule has 0 amide bonds. The molecular weight excluding hydrogens is 317 g/mol. The third kappa shape index (κ3) is 7.99. The molecule has 8 heteroatoms. The monoisotopic (exact) mass is 342 g/mol. The van der Waals surface area contributed by atoms with Crippen molar-refractivity contribution in [3.05, 3.63) is 0 Å². The van der Waals surface area contributed by atoms with Gasteiger partial charge in [-0.1, -0.05) is 12.8 Å². The first-order valence-electron chi connectivity index (χ1n) is 7.47. The van der Waals surface area contributed by atoms with Gasteiger partial charge in [0, 0.05) is 7.11 Å². The molecule has 2 atom stereocenters. The lowest BCUT2D eigenvalue weighted by Gasteiger charge is -2.32. The number of halogens is 3. The highest BCUT2D eigenvalue weighted by atomic mass is 19.4. The maximum Gasteiger partial charge on any atom is 0.475 e. The van der Waals surface area contributed by atoms with Crippen LogP contribution in [0.1, 0.15) is 40.0 Å². The smallest absolute Gasteiger partial charge is 0.369 e. The quantitative estimate of drug-likeness (QED) is 0.179. The van der Waals surface area contributed by atoms with E-state index in [-0.39, 0.29) is 25.9 Å². The van der Waals surface area contributed by atoms with E-state index in [4.69, 9.17) is 9.47 Å². The van der Waals surface area contributed by atoms with Crippen molar-refractivity contribution < 1.29 is 37.2 Å². The summed E-state index contributed by atoms with van der Waals surface area (Å²) in [6.07, 6.45) is -3.90. The first-order valence-corrected chi connectivity index (χ1v) is 7.47. The second-order valence-corrected chi connectivity index (χ2v) is 4.50. The molecule has 2 unspecified atom stereocenters. The number of rotatable bonds is 12. The zero-order valence-electron chi connectivity index (χ0n) is 14.0. The largest absolute Gasteiger partial charge is 0.475 e. The summed E-state index contributed by atoms with van der Waals surface area (Å²) in [5, 5.41) is 0. The second kappa shape index (κ2) is 11.6. The van der Waals surface area contributed by atoms with Crippen molar-refractivity contribution in [1.29, 1.82) is 0 Å². The predicted octanol–water partition coefficient (Wildman–Crippen LogP) is 3.43. The molecule has 0 aromatic heterocycles. The maximum atomic E-state index is 13.2. The summed E-state index contributed by atoms with van der Waals surface area (Å²) in [6, 6.07) is 0. The van der Waals surface area contributed by atoms with Crippen LogP contribution in [0.4, 0.5) is 13.2 Å². The molecule has 5 nitrogen and oxygen atoms in total. The van der Waals surface area contributed by atoms with Crippen LogP contribution in [0.25, 0.3) is 0 Å². The van der Waals surface area contributed by atoms with E-state index >= 15 is 0 Å². The molecule has 0 radical (unpaired) electrons. The highest BCUT2D eigenvalue weighted by Crippen LogP contribution is 2.36. The molecule has 0 aliphatic heterocycles. The van der Waals surface area contributed by atoms with Gasteiger partial charge in [-0.25, -0.2) is 4.89 Å². The molecule has 23 heavy (non-hydrogen) atoms. The molecule has 0 saturated heterocycles. The van der Waals surface area contributed by atoms with Gasteiger partial charge in [-0.15, -0.1) is 5.92 Å². The highest BCUT2D eigenvalue weighted by Gasteiger charge is 2.61. The Balaban J connectivity index is 4.51. The Kier molecular flexibility index (Phi) is 11.2. The molecule has 136 valence electrons. The Hall–Kier alpha value is -0.850. The Morgan fingerprint density at radius 1 is 1.09 bits per heavy atom. The SMILES string of the molecule is CC#CC(CCCOOC(OCC)(OCCC)C(F)(F)F)OC. The fraction of sp³-hybridized carbons (Fsp3) is 0.867. The lowest BCUT2D eigenvalue weighted by Crippen LogP contribution is -2.52. The van der Waals surface area contributed by atoms with Gasteiger partial charge in [0.1, 0.15) is 6.10 Å². The van der Waals surface area contributed by atoms with Crippen molar-refractivity contribution in [3.63, 3.8) is 0 Å². The van der Waals surface area contributed by atoms with E-state index in [1.54, 1.807) is 13.8 Å². The summed E-state index contributed by atoms with van der Waals surface area (Å²) in [5.41, 5.74) is 0. The van der Waals surface area contributed by atoms with Crippen LogP contribution < -0.4 is 0 Å². The first-order chi connectivity index (χ1) is 10.9. The van der Waals surface area contributed by atoms with Gasteiger partial charge in [-0.2, -0.15) is 18.1 Å². The maximum absolute atomic E-state index is 13.2. The van der Waals surface area contributed by atoms with Gasteiger partial charge in [0.25, 0.3) is 0 Å². The van der Waals surface area contributed by atoms with E-state index in [9.17, 15) is 13.2 Å². The Morgan fingerprint density at radius 2 is 1.78 bits per heavy atom. The van der Waals surface area contributed by atoms with Crippen molar-refractivity contribution in [2.45, 2.75) is 58.3 Å². The number of ether oxygens (including phenoxy) is 3. The lowest BCUT2D eigenvalue weighted by atomic mass is 10.2. The van der Waals surface area contributed by atoms with E-state index in [1.165, 1.54) is 14.0 Å². The molecule has 0 rings (SSSR count). The number of methoxy groups -OCH3 is 1. The summed E-state index contributed by atoms with van der Waals surface area (Å²) in [5.74, 6) is 2.32. The average Bonchev–Trinajstić information content (AvgIpc) is 2.49. The molecule has 0 N–H and O–H groups in total. The van der Waals surface area contributed by atoms with Crippen molar-refractivity contribution >= 4 is 0 Å². The molecule has 0 spiro atoms. The molecule has 0 aliphatic rings. The topological polar surface area (TPSA) is 46.2 Å². The molecule has 0 aliphatic carbocycles. The van der Waals surface area contributed by atoms with Crippen LogP contribution in [-0.2, 0) is 24.0 Å². The van der Waals surface area contributed by atoms with Crippen LogP contribution in [0.15, 0.2) is 0 Å². The highest BCUT2D eigenvalue weighted by molar-refractivity contribution is 5.02. The van der Waals surface area contributed by atoms with Crippen LogP contribution in [0.5, 0.6) is 0 Å². The molecular formula is C15H25F3O5. The Labute approximate surface area is 135 Å². The zero-order chi connectivity index (χ0) is 17.8. The molecule has 0 bridgehead atoms. The average molecular weight is 342 g/mol. The second-order valence-electron chi connectivity index (χ2n) is 4.50. The summed E-state index contributed by atoms with van der Waals surface area (Å²) in [6.45, 7) is 4.26. The van der Waals surface area contributed by atoms with E-state index in [1.807, 2.05) is 0 Å². The van der Waals surface area contributed by atoms with Crippen LogP contribution in [0.3, 0.4) is 0 Å².